The zero-order valence-corrected chi connectivity index (χ0v) is 12.6. The SMILES string of the molecule is O=S(=O)(Nc1ccc(F)c(Cl)c1)c1ccc2c(c1)CCC2. The monoisotopic (exact) mass is 325 g/mol. The lowest BCUT2D eigenvalue weighted by molar-refractivity contribution is 0.601. The first-order chi connectivity index (χ1) is 9.95. The Kier molecular flexibility index (Phi) is 3.63. The van der Waals surface area contributed by atoms with Crippen LogP contribution in [0.25, 0.3) is 0 Å². The number of anilines is 1. The summed E-state index contributed by atoms with van der Waals surface area (Å²) in [4.78, 5) is 0.212. The van der Waals surface area contributed by atoms with Gasteiger partial charge in [0, 0.05) is 0 Å². The van der Waals surface area contributed by atoms with Gasteiger partial charge in [0.15, 0.2) is 0 Å². The van der Waals surface area contributed by atoms with Crippen LogP contribution in [0.3, 0.4) is 0 Å². The molecule has 110 valence electrons. The van der Waals surface area contributed by atoms with E-state index >= 15 is 0 Å². The van der Waals surface area contributed by atoms with Crippen LogP contribution in [0.1, 0.15) is 17.5 Å². The van der Waals surface area contributed by atoms with Gasteiger partial charge in [0.25, 0.3) is 10.0 Å². The van der Waals surface area contributed by atoms with E-state index in [0.29, 0.717) is 0 Å². The topological polar surface area (TPSA) is 46.2 Å². The van der Waals surface area contributed by atoms with Crippen molar-refractivity contribution in [3.63, 3.8) is 0 Å². The highest BCUT2D eigenvalue weighted by atomic mass is 35.5. The van der Waals surface area contributed by atoms with E-state index in [-0.39, 0.29) is 15.6 Å². The molecular weight excluding hydrogens is 313 g/mol. The molecule has 0 amide bonds. The molecule has 2 aromatic rings. The molecule has 6 heteroatoms. The number of nitrogens with one attached hydrogen (secondary N) is 1. The standard InChI is InChI=1S/C15H13ClFNO2S/c16-14-9-12(5-7-15(14)17)18-21(19,20)13-6-4-10-2-1-3-11(10)8-13/h4-9,18H,1-3H2. The van der Waals surface area contributed by atoms with E-state index in [1.807, 2.05) is 6.07 Å². The second-order valence-corrected chi connectivity index (χ2v) is 7.11. The van der Waals surface area contributed by atoms with Crippen molar-refractivity contribution in [1.82, 2.24) is 0 Å². The summed E-state index contributed by atoms with van der Waals surface area (Å²) in [6, 6.07) is 8.87. The van der Waals surface area contributed by atoms with Crippen LogP contribution in [0, 0.1) is 5.82 Å². The zero-order chi connectivity index (χ0) is 15.0. The van der Waals surface area contributed by atoms with E-state index in [2.05, 4.69) is 4.72 Å². The average Bonchev–Trinajstić information content (AvgIpc) is 2.90. The third-order valence-electron chi connectivity index (χ3n) is 3.55. The van der Waals surface area contributed by atoms with Gasteiger partial charge in [-0.05, 0) is 60.7 Å². The number of fused-ring (bicyclic) bond motifs is 1. The summed E-state index contributed by atoms with van der Waals surface area (Å²) in [5, 5.41) is -0.121. The van der Waals surface area contributed by atoms with E-state index in [0.717, 1.165) is 30.9 Å². The Morgan fingerprint density at radius 1 is 1.05 bits per heavy atom. The lowest BCUT2D eigenvalue weighted by atomic mass is 10.1. The Hall–Kier alpha value is -1.59. The summed E-state index contributed by atoms with van der Waals surface area (Å²) >= 11 is 5.66. The van der Waals surface area contributed by atoms with E-state index < -0.39 is 15.8 Å². The van der Waals surface area contributed by atoms with Gasteiger partial charge in [0.05, 0.1) is 15.6 Å². The molecule has 3 rings (SSSR count). The molecule has 0 spiro atoms. The van der Waals surface area contributed by atoms with E-state index in [4.69, 9.17) is 11.6 Å². The van der Waals surface area contributed by atoms with Crippen LogP contribution in [0.4, 0.5) is 10.1 Å². The molecule has 0 atom stereocenters. The predicted molar refractivity (Wildman–Crippen MR) is 80.7 cm³/mol. The van der Waals surface area contributed by atoms with Crippen LogP contribution < -0.4 is 4.72 Å². The first-order valence-corrected chi connectivity index (χ1v) is 8.41. The summed E-state index contributed by atoms with van der Waals surface area (Å²) in [5.74, 6) is -0.586. The molecule has 0 unspecified atom stereocenters. The quantitative estimate of drug-likeness (QED) is 0.933. The van der Waals surface area contributed by atoms with Gasteiger partial charge >= 0.3 is 0 Å². The molecule has 0 saturated heterocycles. The number of rotatable bonds is 3. The Balaban J connectivity index is 1.91. The van der Waals surface area contributed by atoms with Crippen LogP contribution in [0.5, 0.6) is 0 Å². The molecule has 0 radical (unpaired) electrons. The molecule has 0 bridgehead atoms. The summed E-state index contributed by atoms with van der Waals surface area (Å²) in [6.07, 6.45) is 2.96. The average molecular weight is 326 g/mol. The second-order valence-electron chi connectivity index (χ2n) is 5.02. The van der Waals surface area contributed by atoms with E-state index in [1.54, 1.807) is 12.1 Å². The molecule has 0 heterocycles. The normalized spacial score (nSPS) is 14.0. The van der Waals surface area contributed by atoms with Gasteiger partial charge in [-0.25, -0.2) is 12.8 Å². The van der Waals surface area contributed by atoms with Gasteiger partial charge in [-0.15, -0.1) is 0 Å². The van der Waals surface area contributed by atoms with Crippen molar-refractivity contribution in [2.45, 2.75) is 24.2 Å². The molecule has 1 aliphatic rings. The number of hydrogen-bond donors (Lipinski definition) is 1. The smallest absolute Gasteiger partial charge is 0.261 e. The minimum atomic E-state index is -3.70. The molecule has 0 fully saturated rings. The van der Waals surface area contributed by atoms with Crippen molar-refractivity contribution < 1.29 is 12.8 Å². The Morgan fingerprint density at radius 3 is 2.57 bits per heavy atom. The lowest BCUT2D eigenvalue weighted by Gasteiger charge is -2.10. The molecule has 1 aliphatic carbocycles. The minimum absolute atomic E-state index is 0.121. The summed E-state index contributed by atoms with van der Waals surface area (Å²) in [7, 11) is -3.70. The number of benzene rings is 2. The lowest BCUT2D eigenvalue weighted by Crippen LogP contribution is -2.13. The molecule has 21 heavy (non-hydrogen) atoms. The fourth-order valence-corrected chi connectivity index (χ4v) is 3.77. The first-order valence-electron chi connectivity index (χ1n) is 6.55. The third-order valence-corrected chi connectivity index (χ3v) is 5.22. The second kappa shape index (κ2) is 5.31. The largest absolute Gasteiger partial charge is 0.280 e. The van der Waals surface area contributed by atoms with Crippen LogP contribution in [-0.4, -0.2) is 8.42 Å². The summed E-state index contributed by atoms with van der Waals surface area (Å²) < 4.78 is 40.2. The molecular formula is C15H13ClFNO2S. The van der Waals surface area contributed by atoms with Crippen molar-refractivity contribution in [3.8, 4) is 0 Å². The van der Waals surface area contributed by atoms with Crippen molar-refractivity contribution in [3.05, 3.63) is 58.4 Å². The zero-order valence-electron chi connectivity index (χ0n) is 11.1. The van der Waals surface area contributed by atoms with Crippen LogP contribution in [-0.2, 0) is 22.9 Å². The fourth-order valence-electron chi connectivity index (χ4n) is 2.49. The highest BCUT2D eigenvalue weighted by Crippen LogP contribution is 2.26. The van der Waals surface area contributed by atoms with Gasteiger partial charge < -0.3 is 0 Å². The van der Waals surface area contributed by atoms with Gasteiger partial charge in [-0.3, -0.25) is 4.72 Å². The Morgan fingerprint density at radius 2 is 1.81 bits per heavy atom. The molecule has 1 N–H and O–H groups in total. The van der Waals surface area contributed by atoms with E-state index in [9.17, 15) is 12.8 Å². The first kappa shape index (κ1) is 14.4. The Bertz CT molecular complexity index is 805. The van der Waals surface area contributed by atoms with Crippen LogP contribution in [0.2, 0.25) is 5.02 Å². The summed E-state index contributed by atoms with van der Waals surface area (Å²) in [5.41, 5.74) is 2.52. The van der Waals surface area contributed by atoms with Crippen molar-refractivity contribution in [2.24, 2.45) is 0 Å². The maximum Gasteiger partial charge on any atom is 0.261 e. The maximum atomic E-state index is 13.1. The molecule has 2 aromatic carbocycles. The number of sulfonamides is 1. The molecule has 0 aromatic heterocycles. The number of aryl methyl sites for hydroxylation is 2. The summed E-state index contributed by atoms with van der Waals surface area (Å²) in [6.45, 7) is 0. The molecule has 3 nitrogen and oxygen atoms in total. The molecule has 0 saturated carbocycles. The van der Waals surface area contributed by atoms with Crippen LogP contribution in [0.15, 0.2) is 41.3 Å². The number of halogens is 2. The fraction of sp³-hybridized carbons (Fsp3) is 0.200. The van der Waals surface area contributed by atoms with Gasteiger partial charge in [-0.2, -0.15) is 0 Å². The number of hydrogen-bond acceptors (Lipinski definition) is 2. The van der Waals surface area contributed by atoms with E-state index in [1.165, 1.54) is 17.7 Å². The predicted octanol–water partition coefficient (Wildman–Crippen LogP) is 3.77. The minimum Gasteiger partial charge on any atom is -0.280 e. The van der Waals surface area contributed by atoms with Gasteiger partial charge in [-0.1, -0.05) is 17.7 Å². The highest BCUT2D eigenvalue weighted by Gasteiger charge is 2.18. The van der Waals surface area contributed by atoms with Crippen LogP contribution >= 0.6 is 11.6 Å². The van der Waals surface area contributed by atoms with Gasteiger partial charge in [0.2, 0.25) is 0 Å². The van der Waals surface area contributed by atoms with Crippen molar-refractivity contribution in [2.75, 3.05) is 4.72 Å². The third kappa shape index (κ3) is 2.89. The maximum absolute atomic E-state index is 13.1. The van der Waals surface area contributed by atoms with Crippen molar-refractivity contribution >= 4 is 27.3 Å². The highest BCUT2D eigenvalue weighted by molar-refractivity contribution is 7.92. The Labute approximate surface area is 127 Å². The van der Waals surface area contributed by atoms with Crippen molar-refractivity contribution in [1.29, 1.82) is 0 Å². The molecule has 0 aliphatic heterocycles. The van der Waals surface area contributed by atoms with Gasteiger partial charge in [0.1, 0.15) is 5.82 Å².